The summed E-state index contributed by atoms with van der Waals surface area (Å²) in [5.74, 6) is -2.08. The highest BCUT2D eigenvalue weighted by molar-refractivity contribution is 5.82. The molecule has 0 bridgehead atoms. The number of carbonyl (C=O) groups excluding carboxylic acids is 1. The van der Waals surface area contributed by atoms with Gasteiger partial charge in [0.05, 0.1) is 19.4 Å². The first-order chi connectivity index (χ1) is 12.5. The highest BCUT2D eigenvalue weighted by Gasteiger charge is 2.40. The van der Waals surface area contributed by atoms with E-state index in [1.165, 1.54) is 25.3 Å². The van der Waals surface area contributed by atoms with Crippen molar-refractivity contribution in [1.82, 2.24) is 4.90 Å². The van der Waals surface area contributed by atoms with Gasteiger partial charge in [0.1, 0.15) is 11.6 Å². The first kappa shape index (κ1) is 17.9. The van der Waals surface area contributed by atoms with E-state index in [4.69, 9.17) is 4.74 Å². The maximum absolute atomic E-state index is 13.5. The third kappa shape index (κ3) is 3.69. The number of rotatable bonds is 5. The van der Waals surface area contributed by atoms with Crippen LogP contribution in [0, 0.1) is 11.7 Å². The lowest BCUT2D eigenvalue weighted by molar-refractivity contribution is -0.141. The molecule has 0 aromatic heterocycles. The first-order valence-corrected chi connectivity index (χ1v) is 8.37. The fraction of sp³-hybridized carbons (Fsp3) is 0.300. The molecular weight excluding hydrogens is 337 g/mol. The van der Waals surface area contributed by atoms with Gasteiger partial charge in [0.2, 0.25) is 5.91 Å². The molecule has 1 saturated heterocycles. The van der Waals surface area contributed by atoms with Crippen molar-refractivity contribution in [2.45, 2.75) is 12.3 Å². The summed E-state index contributed by atoms with van der Waals surface area (Å²) in [6.45, 7) is 0.475. The molecule has 0 saturated carbocycles. The van der Waals surface area contributed by atoms with Crippen LogP contribution in [0.15, 0.2) is 48.5 Å². The van der Waals surface area contributed by atoms with Crippen LogP contribution in [-0.4, -0.2) is 42.1 Å². The van der Waals surface area contributed by atoms with Gasteiger partial charge in [-0.25, -0.2) is 4.39 Å². The van der Waals surface area contributed by atoms with Gasteiger partial charge < -0.3 is 14.7 Å². The number of carbonyl (C=O) groups is 2. The number of amides is 1. The molecule has 1 heterocycles. The van der Waals surface area contributed by atoms with Crippen LogP contribution < -0.4 is 4.74 Å². The lowest BCUT2D eigenvalue weighted by Gasteiger charge is -2.17. The van der Waals surface area contributed by atoms with E-state index < -0.39 is 17.7 Å². The van der Waals surface area contributed by atoms with Crippen LogP contribution in [0.25, 0.3) is 0 Å². The Morgan fingerprint density at radius 1 is 1.19 bits per heavy atom. The Hall–Kier alpha value is -2.89. The van der Waals surface area contributed by atoms with Crippen molar-refractivity contribution in [3.05, 3.63) is 65.5 Å². The molecule has 2 aromatic carbocycles. The van der Waals surface area contributed by atoms with Crippen LogP contribution in [0.4, 0.5) is 4.39 Å². The van der Waals surface area contributed by atoms with Crippen LogP contribution in [0.2, 0.25) is 0 Å². The third-order valence-corrected chi connectivity index (χ3v) is 4.80. The summed E-state index contributed by atoms with van der Waals surface area (Å²) in [4.78, 5) is 25.9. The van der Waals surface area contributed by atoms with E-state index in [0.29, 0.717) is 17.9 Å². The van der Waals surface area contributed by atoms with E-state index in [0.717, 1.165) is 5.56 Å². The Balaban J connectivity index is 1.78. The van der Waals surface area contributed by atoms with Crippen molar-refractivity contribution >= 4 is 11.9 Å². The standard InChI is InChI=1S/C20H20FNO4/c1-26-18-8-7-15(21)9-14(18)10-19(23)22-11-16(17(12-22)20(24)25)13-5-3-2-4-6-13/h2-9,16-17H,10-12H2,1H3,(H,24,25)/t16-,17-/m0/s1. The maximum Gasteiger partial charge on any atom is 0.308 e. The molecule has 1 fully saturated rings. The summed E-state index contributed by atoms with van der Waals surface area (Å²) < 4.78 is 18.7. The quantitative estimate of drug-likeness (QED) is 0.893. The highest BCUT2D eigenvalue weighted by atomic mass is 19.1. The van der Waals surface area contributed by atoms with Crippen molar-refractivity contribution in [2.75, 3.05) is 20.2 Å². The van der Waals surface area contributed by atoms with E-state index in [-0.39, 0.29) is 24.8 Å². The minimum absolute atomic E-state index is 0.0330. The van der Waals surface area contributed by atoms with Gasteiger partial charge in [-0.1, -0.05) is 30.3 Å². The van der Waals surface area contributed by atoms with Gasteiger partial charge >= 0.3 is 5.97 Å². The van der Waals surface area contributed by atoms with Crippen LogP contribution >= 0.6 is 0 Å². The van der Waals surface area contributed by atoms with E-state index in [1.807, 2.05) is 30.3 Å². The number of likely N-dealkylation sites (tertiary alicyclic amines) is 1. The normalized spacial score (nSPS) is 19.4. The molecule has 0 unspecified atom stereocenters. The molecule has 1 N–H and O–H groups in total. The molecule has 0 spiro atoms. The van der Waals surface area contributed by atoms with Crippen LogP contribution in [0.5, 0.6) is 5.75 Å². The number of carboxylic acids is 1. The Labute approximate surface area is 151 Å². The van der Waals surface area contributed by atoms with E-state index in [2.05, 4.69) is 0 Å². The first-order valence-electron chi connectivity index (χ1n) is 8.37. The average molecular weight is 357 g/mol. The monoisotopic (exact) mass is 357 g/mol. The van der Waals surface area contributed by atoms with Gasteiger partial charge in [-0.2, -0.15) is 0 Å². The molecular formula is C20H20FNO4. The van der Waals surface area contributed by atoms with Crippen LogP contribution in [0.3, 0.4) is 0 Å². The van der Waals surface area contributed by atoms with Gasteiger partial charge in [0, 0.05) is 24.6 Å². The lowest BCUT2D eigenvalue weighted by atomic mass is 9.89. The molecule has 6 heteroatoms. The van der Waals surface area contributed by atoms with Gasteiger partial charge in [-0.15, -0.1) is 0 Å². The topological polar surface area (TPSA) is 66.8 Å². The number of ether oxygens (including phenoxy) is 1. The molecule has 2 atom stereocenters. The summed E-state index contributed by atoms with van der Waals surface area (Å²) in [5.41, 5.74) is 1.35. The molecule has 1 aliphatic rings. The number of carboxylic acid groups (broad SMARTS) is 1. The van der Waals surface area contributed by atoms with Gasteiger partial charge in [0.25, 0.3) is 0 Å². The molecule has 26 heavy (non-hydrogen) atoms. The number of aliphatic carboxylic acids is 1. The van der Waals surface area contributed by atoms with Gasteiger partial charge in [-0.05, 0) is 23.8 Å². The van der Waals surface area contributed by atoms with Crippen molar-refractivity contribution in [2.24, 2.45) is 5.92 Å². The van der Waals surface area contributed by atoms with Gasteiger partial charge in [-0.3, -0.25) is 9.59 Å². The summed E-state index contributed by atoms with van der Waals surface area (Å²) in [6.07, 6.45) is -0.0330. The third-order valence-electron chi connectivity index (χ3n) is 4.80. The molecule has 1 aliphatic heterocycles. The number of hydrogen-bond acceptors (Lipinski definition) is 3. The summed E-state index contributed by atoms with van der Waals surface area (Å²) in [5, 5.41) is 9.55. The van der Waals surface area contributed by atoms with Crippen molar-refractivity contribution in [3.8, 4) is 5.75 Å². The highest BCUT2D eigenvalue weighted by Crippen LogP contribution is 2.33. The average Bonchev–Trinajstić information content (AvgIpc) is 3.08. The second-order valence-corrected chi connectivity index (χ2v) is 6.39. The SMILES string of the molecule is COc1ccc(F)cc1CC(=O)N1C[C@H](C(=O)O)[C@H](c2ccccc2)C1. The fourth-order valence-electron chi connectivity index (χ4n) is 3.46. The molecule has 5 nitrogen and oxygen atoms in total. The second kappa shape index (κ2) is 7.56. The lowest BCUT2D eigenvalue weighted by Crippen LogP contribution is -2.31. The number of halogens is 1. The van der Waals surface area contributed by atoms with E-state index in [1.54, 1.807) is 4.90 Å². The molecule has 1 amide bonds. The molecule has 0 aliphatic carbocycles. The molecule has 0 radical (unpaired) electrons. The Morgan fingerprint density at radius 2 is 1.92 bits per heavy atom. The zero-order valence-electron chi connectivity index (χ0n) is 14.4. The number of methoxy groups -OCH3 is 1. The number of nitrogens with zero attached hydrogens (tertiary/aromatic N) is 1. The van der Waals surface area contributed by atoms with E-state index >= 15 is 0 Å². The smallest absolute Gasteiger partial charge is 0.308 e. The minimum Gasteiger partial charge on any atom is -0.496 e. The number of hydrogen-bond donors (Lipinski definition) is 1. The van der Waals surface area contributed by atoms with Crippen molar-refractivity contribution in [3.63, 3.8) is 0 Å². The zero-order chi connectivity index (χ0) is 18.7. The second-order valence-electron chi connectivity index (χ2n) is 6.39. The minimum atomic E-state index is -0.919. The predicted molar refractivity (Wildman–Crippen MR) is 93.5 cm³/mol. The Morgan fingerprint density at radius 3 is 2.58 bits per heavy atom. The fourth-order valence-corrected chi connectivity index (χ4v) is 3.46. The molecule has 3 rings (SSSR count). The van der Waals surface area contributed by atoms with Crippen LogP contribution in [0.1, 0.15) is 17.0 Å². The van der Waals surface area contributed by atoms with Crippen LogP contribution in [-0.2, 0) is 16.0 Å². The summed E-state index contributed by atoms with van der Waals surface area (Å²) in [7, 11) is 1.46. The Kier molecular flexibility index (Phi) is 5.21. The zero-order valence-corrected chi connectivity index (χ0v) is 14.4. The predicted octanol–water partition coefficient (Wildman–Crippen LogP) is 2.70. The molecule has 136 valence electrons. The maximum atomic E-state index is 13.5. The van der Waals surface area contributed by atoms with Crippen molar-refractivity contribution in [1.29, 1.82) is 0 Å². The van der Waals surface area contributed by atoms with Crippen molar-refractivity contribution < 1.29 is 23.8 Å². The largest absolute Gasteiger partial charge is 0.496 e. The summed E-state index contributed by atoms with van der Waals surface area (Å²) in [6, 6.07) is 13.4. The van der Waals surface area contributed by atoms with Gasteiger partial charge in [0.15, 0.2) is 0 Å². The van der Waals surface area contributed by atoms with E-state index in [9.17, 15) is 19.1 Å². The summed E-state index contributed by atoms with van der Waals surface area (Å²) >= 11 is 0. The Bertz CT molecular complexity index is 809. The molecule has 2 aromatic rings. The number of benzene rings is 2.